The van der Waals surface area contributed by atoms with Crippen LogP contribution in [0.15, 0.2) is 34.1 Å². The number of aromatic nitrogens is 3. The molecule has 28 heavy (non-hydrogen) atoms. The number of ether oxygens (including phenoxy) is 1. The lowest BCUT2D eigenvalue weighted by atomic mass is 10.1. The second kappa shape index (κ2) is 8.52. The second-order valence-corrected chi connectivity index (χ2v) is 7.98. The van der Waals surface area contributed by atoms with Gasteiger partial charge in [0.05, 0.1) is 35.0 Å². The van der Waals surface area contributed by atoms with Crippen molar-refractivity contribution in [2.24, 2.45) is 10.9 Å². The van der Waals surface area contributed by atoms with Crippen molar-refractivity contribution in [3.05, 3.63) is 45.9 Å². The van der Waals surface area contributed by atoms with E-state index in [2.05, 4.69) is 28.9 Å². The van der Waals surface area contributed by atoms with E-state index < -0.39 is 5.97 Å². The summed E-state index contributed by atoms with van der Waals surface area (Å²) in [5, 5.41) is 3.57. The predicted molar refractivity (Wildman–Crippen MR) is 112 cm³/mol. The zero-order chi connectivity index (χ0) is 20.3. The molecule has 0 unspecified atom stereocenters. The number of rotatable bonds is 7. The van der Waals surface area contributed by atoms with Crippen molar-refractivity contribution in [1.82, 2.24) is 14.8 Å². The molecule has 0 amide bonds. The van der Waals surface area contributed by atoms with Gasteiger partial charge in [-0.2, -0.15) is 4.68 Å². The first-order valence-corrected chi connectivity index (χ1v) is 10.0. The minimum Gasteiger partial charge on any atom is -0.469 e. The van der Waals surface area contributed by atoms with Gasteiger partial charge in [0.25, 0.3) is 5.56 Å². The Balaban J connectivity index is 2.06. The number of aromatic amines is 1. The van der Waals surface area contributed by atoms with Gasteiger partial charge in [-0.25, -0.2) is 4.98 Å². The van der Waals surface area contributed by atoms with Crippen LogP contribution in [0.3, 0.4) is 0 Å². The summed E-state index contributed by atoms with van der Waals surface area (Å²) in [7, 11) is 1.33. The summed E-state index contributed by atoms with van der Waals surface area (Å²) in [5.41, 5.74) is 2.07. The lowest BCUT2D eigenvalue weighted by Crippen LogP contribution is -2.20. The molecule has 1 aromatic carbocycles. The van der Waals surface area contributed by atoms with Gasteiger partial charge in [-0.1, -0.05) is 37.3 Å². The molecule has 3 aromatic rings. The van der Waals surface area contributed by atoms with Crippen LogP contribution in [-0.4, -0.2) is 40.1 Å². The molecule has 0 saturated carbocycles. The number of fused-ring (bicyclic) bond motifs is 1. The first kappa shape index (κ1) is 20.0. The first-order valence-electron chi connectivity index (χ1n) is 9.18. The largest absolute Gasteiger partial charge is 0.469 e. The molecular weight excluding hydrogens is 376 g/mol. The monoisotopic (exact) mass is 400 g/mol. The predicted octanol–water partition coefficient (Wildman–Crippen LogP) is 3.35. The molecule has 0 radical (unpaired) electrons. The van der Waals surface area contributed by atoms with E-state index in [1.54, 1.807) is 6.92 Å². The SMILES string of the molecule is COC(=O)Cc1[nH]n(-c2nc3ccccc3s2)c(=O)c1C(C)=NCCC(C)C. The summed E-state index contributed by atoms with van der Waals surface area (Å²) in [6.07, 6.45) is 0.899. The van der Waals surface area contributed by atoms with E-state index in [4.69, 9.17) is 4.74 Å². The fourth-order valence-corrected chi connectivity index (χ4v) is 3.79. The summed E-state index contributed by atoms with van der Waals surface area (Å²) in [4.78, 5) is 34.1. The summed E-state index contributed by atoms with van der Waals surface area (Å²) in [5.74, 6) is 0.102. The Kier molecular flexibility index (Phi) is 6.08. The number of hydrogen-bond donors (Lipinski definition) is 1. The van der Waals surface area contributed by atoms with Crippen molar-refractivity contribution in [3.8, 4) is 5.13 Å². The molecule has 8 heteroatoms. The van der Waals surface area contributed by atoms with Crippen molar-refractivity contribution in [1.29, 1.82) is 0 Å². The van der Waals surface area contributed by atoms with Crippen molar-refractivity contribution < 1.29 is 9.53 Å². The Morgan fingerprint density at radius 1 is 1.36 bits per heavy atom. The van der Waals surface area contributed by atoms with E-state index >= 15 is 0 Å². The molecule has 3 rings (SSSR count). The van der Waals surface area contributed by atoms with Gasteiger partial charge in [0.2, 0.25) is 5.13 Å². The third kappa shape index (κ3) is 4.22. The number of hydrogen-bond acceptors (Lipinski definition) is 6. The van der Waals surface area contributed by atoms with Crippen LogP contribution in [0.1, 0.15) is 38.4 Å². The third-order valence-electron chi connectivity index (χ3n) is 4.41. The van der Waals surface area contributed by atoms with Crippen LogP contribution in [0.25, 0.3) is 15.3 Å². The molecule has 1 N–H and O–H groups in total. The Morgan fingerprint density at radius 3 is 2.79 bits per heavy atom. The van der Waals surface area contributed by atoms with E-state index in [0.717, 1.165) is 16.6 Å². The van der Waals surface area contributed by atoms with Crippen molar-refractivity contribution in [2.75, 3.05) is 13.7 Å². The zero-order valence-electron chi connectivity index (χ0n) is 16.5. The number of nitrogens with zero attached hydrogens (tertiary/aromatic N) is 3. The minimum absolute atomic E-state index is 0.0317. The van der Waals surface area contributed by atoms with E-state index in [9.17, 15) is 9.59 Å². The number of aliphatic imine (C=N–C) groups is 1. The van der Waals surface area contributed by atoms with Gasteiger partial charge < -0.3 is 4.74 Å². The van der Waals surface area contributed by atoms with E-state index in [-0.39, 0.29) is 12.0 Å². The summed E-state index contributed by atoms with van der Waals surface area (Å²) >= 11 is 1.41. The number of H-pyrrole nitrogens is 1. The molecule has 0 spiro atoms. The quantitative estimate of drug-likeness (QED) is 0.486. The van der Waals surface area contributed by atoms with Crippen LogP contribution in [0.5, 0.6) is 0 Å². The van der Waals surface area contributed by atoms with Crippen molar-refractivity contribution >= 4 is 33.2 Å². The molecule has 2 heterocycles. The van der Waals surface area contributed by atoms with Gasteiger partial charge in [0.1, 0.15) is 0 Å². The van der Waals surface area contributed by atoms with Crippen molar-refractivity contribution in [2.45, 2.75) is 33.6 Å². The second-order valence-electron chi connectivity index (χ2n) is 6.97. The average Bonchev–Trinajstić information content (AvgIpc) is 3.22. The smallest absolute Gasteiger partial charge is 0.311 e. The first-order chi connectivity index (χ1) is 13.4. The fourth-order valence-electron chi connectivity index (χ4n) is 2.86. The molecule has 0 aliphatic heterocycles. The van der Waals surface area contributed by atoms with Crippen LogP contribution in [-0.2, 0) is 16.0 Å². The topological polar surface area (TPSA) is 89.3 Å². The molecule has 0 bridgehead atoms. The van der Waals surface area contributed by atoms with Gasteiger partial charge in [-0.15, -0.1) is 0 Å². The van der Waals surface area contributed by atoms with Gasteiger partial charge in [0, 0.05) is 12.3 Å². The molecule has 148 valence electrons. The highest BCUT2D eigenvalue weighted by atomic mass is 32.1. The fraction of sp³-hybridized carbons (Fsp3) is 0.400. The standard InChI is InChI=1S/C20H24N4O3S/c1-12(2)9-10-21-13(3)18-15(11-17(25)27-4)23-24(19(18)26)20-22-14-7-5-6-8-16(14)28-20/h5-8,12,23H,9-11H2,1-4H3. The van der Waals surface area contributed by atoms with Gasteiger partial charge in [-0.05, 0) is 31.4 Å². The van der Waals surface area contributed by atoms with E-state index in [1.165, 1.54) is 23.1 Å². The van der Waals surface area contributed by atoms with Crippen molar-refractivity contribution in [3.63, 3.8) is 0 Å². The summed E-state index contributed by atoms with van der Waals surface area (Å²) in [6, 6.07) is 7.70. The highest BCUT2D eigenvalue weighted by Gasteiger charge is 2.21. The Bertz CT molecular complexity index is 1040. The highest BCUT2D eigenvalue weighted by Crippen LogP contribution is 2.24. The van der Waals surface area contributed by atoms with Crippen LogP contribution in [0.2, 0.25) is 0 Å². The Hall–Kier alpha value is -2.74. The minimum atomic E-state index is -0.422. The maximum absolute atomic E-state index is 13.1. The lowest BCUT2D eigenvalue weighted by molar-refractivity contribution is -0.139. The molecule has 0 aliphatic rings. The van der Waals surface area contributed by atoms with Gasteiger partial charge in [0.15, 0.2) is 0 Å². The number of nitrogens with one attached hydrogen (secondary N) is 1. The van der Waals surface area contributed by atoms with E-state index in [0.29, 0.717) is 34.6 Å². The van der Waals surface area contributed by atoms with E-state index in [1.807, 2.05) is 24.3 Å². The van der Waals surface area contributed by atoms with Crippen LogP contribution in [0.4, 0.5) is 0 Å². The molecule has 7 nitrogen and oxygen atoms in total. The summed E-state index contributed by atoms with van der Waals surface area (Å²) in [6.45, 7) is 6.69. The number of carbonyl (C=O) groups is 1. The maximum atomic E-state index is 13.1. The normalized spacial score (nSPS) is 12.1. The Morgan fingerprint density at radius 2 is 2.11 bits per heavy atom. The number of benzene rings is 1. The maximum Gasteiger partial charge on any atom is 0.311 e. The molecule has 2 aromatic heterocycles. The molecule has 0 fully saturated rings. The summed E-state index contributed by atoms with van der Waals surface area (Å²) < 4.78 is 7.15. The average molecular weight is 401 g/mol. The number of esters is 1. The Labute approximate surface area is 167 Å². The number of thiazole rings is 1. The molecule has 0 aliphatic carbocycles. The van der Waals surface area contributed by atoms with Crippen LogP contribution < -0.4 is 5.56 Å². The van der Waals surface area contributed by atoms with Crippen LogP contribution in [0, 0.1) is 5.92 Å². The molecule has 0 saturated heterocycles. The zero-order valence-corrected chi connectivity index (χ0v) is 17.3. The third-order valence-corrected chi connectivity index (χ3v) is 5.43. The van der Waals surface area contributed by atoms with Crippen LogP contribution >= 0.6 is 11.3 Å². The molecule has 0 atom stereocenters. The molecular formula is C20H24N4O3S. The lowest BCUT2D eigenvalue weighted by Gasteiger charge is -2.03. The number of methoxy groups -OCH3 is 1. The number of para-hydroxylation sites is 1. The highest BCUT2D eigenvalue weighted by molar-refractivity contribution is 7.20. The van der Waals surface area contributed by atoms with Gasteiger partial charge in [-0.3, -0.25) is 19.7 Å². The van der Waals surface area contributed by atoms with Gasteiger partial charge >= 0.3 is 5.97 Å². The number of carbonyl (C=O) groups excluding carboxylic acids is 1.